The molecule has 0 bridgehead atoms. The highest BCUT2D eigenvalue weighted by Gasteiger charge is 2.09. The molecule has 1 N–H and O–H groups in total. The van der Waals surface area contributed by atoms with Crippen LogP contribution in [0.2, 0.25) is 0 Å². The van der Waals surface area contributed by atoms with Gasteiger partial charge in [-0.05, 0) is 59.1 Å². The van der Waals surface area contributed by atoms with Crippen LogP contribution in [-0.2, 0) is 4.79 Å². The van der Waals surface area contributed by atoms with E-state index in [1.807, 2.05) is 44.2 Å². The summed E-state index contributed by atoms with van der Waals surface area (Å²) in [6, 6.07) is 11.4. The molecule has 0 saturated heterocycles. The van der Waals surface area contributed by atoms with Gasteiger partial charge in [0.25, 0.3) is 5.91 Å². The quantitative estimate of drug-likeness (QED) is 0.779. The van der Waals surface area contributed by atoms with E-state index in [-0.39, 0.29) is 12.5 Å². The van der Waals surface area contributed by atoms with Crippen molar-refractivity contribution in [1.29, 1.82) is 0 Å². The van der Waals surface area contributed by atoms with Crippen LogP contribution in [0.1, 0.15) is 11.1 Å². The number of carbonyl (C=O) groups is 1. The van der Waals surface area contributed by atoms with Crippen molar-refractivity contribution >= 4 is 43.5 Å². The number of hydrogen-bond acceptors (Lipinski definition) is 2. The number of amides is 1. The summed E-state index contributed by atoms with van der Waals surface area (Å²) in [6.45, 7) is 3.90. The molecule has 0 radical (unpaired) electrons. The van der Waals surface area contributed by atoms with Crippen molar-refractivity contribution in [2.75, 3.05) is 11.9 Å². The zero-order valence-corrected chi connectivity index (χ0v) is 14.9. The van der Waals surface area contributed by atoms with Crippen LogP contribution >= 0.6 is 31.9 Å². The average Bonchev–Trinajstić information content (AvgIpc) is 2.42. The minimum Gasteiger partial charge on any atom is -0.483 e. The van der Waals surface area contributed by atoms with Gasteiger partial charge in [-0.25, -0.2) is 0 Å². The molecule has 0 aliphatic rings. The van der Waals surface area contributed by atoms with Crippen LogP contribution in [0.4, 0.5) is 5.69 Å². The molecule has 1 amide bonds. The van der Waals surface area contributed by atoms with Crippen molar-refractivity contribution in [2.45, 2.75) is 13.8 Å². The smallest absolute Gasteiger partial charge is 0.262 e. The summed E-state index contributed by atoms with van der Waals surface area (Å²) in [6.07, 6.45) is 0. The lowest BCUT2D eigenvalue weighted by Crippen LogP contribution is -2.21. The zero-order valence-electron chi connectivity index (χ0n) is 11.7. The molecule has 3 nitrogen and oxygen atoms in total. The summed E-state index contributed by atoms with van der Waals surface area (Å²) in [7, 11) is 0. The van der Waals surface area contributed by atoms with E-state index in [4.69, 9.17) is 4.74 Å². The Balaban J connectivity index is 1.99. The van der Waals surface area contributed by atoms with Crippen molar-refractivity contribution in [3.05, 3.63) is 56.5 Å². The van der Waals surface area contributed by atoms with Gasteiger partial charge in [0.05, 0.1) is 4.47 Å². The van der Waals surface area contributed by atoms with Crippen molar-refractivity contribution in [2.24, 2.45) is 0 Å². The van der Waals surface area contributed by atoms with Gasteiger partial charge in [0.1, 0.15) is 5.75 Å². The predicted octanol–water partition coefficient (Wildman–Crippen LogP) is 4.85. The largest absolute Gasteiger partial charge is 0.483 e. The Morgan fingerprint density at radius 3 is 2.43 bits per heavy atom. The van der Waals surface area contributed by atoms with Crippen molar-refractivity contribution in [3.63, 3.8) is 0 Å². The Bertz CT molecular complexity index is 651. The number of rotatable bonds is 4. The van der Waals surface area contributed by atoms with Gasteiger partial charge in [0.2, 0.25) is 0 Å². The Morgan fingerprint density at radius 1 is 1.14 bits per heavy atom. The van der Waals surface area contributed by atoms with Crippen LogP contribution in [-0.4, -0.2) is 12.5 Å². The summed E-state index contributed by atoms with van der Waals surface area (Å²) < 4.78 is 7.27. The normalized spacial score (nSPS) is 10.3. The summed E-state index contributed by atoms with van der Waals surface area (Å²) >= 11 is 6.77. The van der Waals surface area contributed by atoms with E-state index < -0.39 is 0 Å². The van der Waals surface area contributed by atoms with Gasteiger partial charge >= 0.3 is 0 Å². The molecule has 0 aliphatic heterocycles. The first-order chi connectivity index (χ1) is 9.97. The van der Waals surface area contributed by atoms with Crippen molar-refractivity contribution in [1.82, 2.24) is 0 Å². The van der Waals surface area contributed by atoms with E-state index in [9.17, 15) is 4.79 Å². The van der Waals surface area contributed by atoms with Crippen molar-refractivity contribution < 1.29 is 9.53 Å². The summed E-state index contributed by atoms with van der Waals surface area (Å²) in [5.74, 6) is 0.456. The van der Waals surface area contributed by atoms with E-state index in [1.54, 1.807) is 6.07 Å². The number of nitrogens with one attached hydrogen (secondary N) is 1. The maximum absolute atomic E-state index is 12.0. The second-order valence-corrected chi connectivity index (χ2v) is 6.45. The topological polar surface area (TPSA) is 38.3 Å². The maximum atomic E-state index is 12.0. The van der Waals surface area contributed by atoms with Crippen LogP contribution in [0, 0.1) is 13.8 Å². The lowest BCUT2D eigenvalue weighted by molar-refractivity contribution is -0.118. The fourth-order valence-electron chi connectivity index (χ4n) is 1.92. The van der Waals surface area contributed by atoms with Gasteiger partial charge in [-0.1, -0.05) is 34.1 Å². The molecule has 2 aromatic rings. The molecule has 0 saturated carbocycles. The van der Waals surface area contributed by atoms with E-state index in [2.05, 4.69) is 37.2 Å². The Kier molecular flexibility index (Phi) is 5.42. The van der Waals surface area contributed by atoms with E-state index in [0.717, 1.165) is 25.8 Å². The number of benzene rings is 2. The van der Waals surface area contributed by atoms with Crippen LogP contribution in [0.3, 0.4) is 0 Å². The summed E-state index contributed by atoms with van der Waals surface area (Å²) in [4.78, 5) is 12.0. The predicted molar refractivity (Wildman–Crippen MR) is 91.9 cm³/mol. The van der Waals surface area contributed by atoms with Crippen LogP contribution in [0.25, 0.3) is 0 Å². The van der Waals surface area contributed by atoms with Gasteiger partial charge in [-0.2, -0.15) is 0 Å². The molecule has 0 unspecified atom stereocenters. The lowest BCUT2D eigenvalue weighted by atomic mass is 10.1. The zero-order chi connectivity index (χ0) is 15.4. The fraction of sp³-hybridized carbons (Fsp3) is 0.188. The molecular formula is C16H15Br2NO2. The monoisotopic (exact) mass is 411 g/mol. The van der Waals surface area contributed by atoms with Gasteiger partial charge < -0.3 is 10.1 Å². The molecule has 21 heavy (non-hydrogen) atoms. The average molecular weight is 413 g/mol. The molecule has 0 aromatic heterocycles. The van der Waals surface area contributed by atoms with Gasteiger partial charge in [0.15, 0.2) is 6.61 Å². The van der Waals surface area contributed by atoms with Crippen LogP contribution < -0.4 is 10.1 Å². The molecule has 0 aliphatic carbocycles. The number of ether oxygens (including phenoxy) is 1. The minimum atomic E-state index is -0.179. The van der Waals surface area contributed by atoms with Gasteiger partial charge in [0, 0.05) is 10.2 Å². The number of para-hydroxylation sites is 1. The van der Waals surface area contributed by atoms with Gasteiger partial charge in [-0.15, -0.1) is 0 Å². The van der Waals surface area contributed by atoms with Gasteiger partial charge in [-0.3, -0.25) is 4.79 Å². The fourth-order valence-corrected chi connectivity index (χ4v) is 3.08. The molecule has 2 rings (SSSR count). The van der Waals surface area contributed by atoms with Crippen LogP contribution in [0.5, 0.6) is 5.75 Å². The lowest BCUT2D eigenvalue weighted by Gasteiger charge is -2.12. The molecular weight excluding hydrogens is 398 g/mol. The molecule has 0 heterocycles. The minimum absolute atomic E-state index is 0.0337. The summed E-state index contributed by atoms with van der Waals surface area (Å²) in [5, 5.41) is 2.89. The third-order valence-electron chi connectivity index (χ3n) is 3.00. The number of hydrogen-bond donors (Lipinski definition) is 1. The highest BCUT2D eigenvalue weighted by molar-refractivity contribution is 9.11. The van der Waals surface area contributed by atoms with Crippen LogP contribution in [0.15, 0.2) is 45.3 Å². The molecule has 5 heteroatoms. The Labute approximate surface area is 141 Å². The molecule has 0 spiro atoms. The number of halogens is 2. The maximum Gasteiger partial charge on any atom is 0.262 e. The first kappa shape index (κ1) is 16.0. The summed E-state index contributed by atoms with van der Waals surface area (Å²) in [5.41, 5.74) is 2.92. The highest BCUT2D eigenvalue weighted by atomic mass is 79.9. The second-order valence-electron chi connectivity index (χ2n) is 4.68. The molecule has 110 valence electrons. The molecule has 2 aromatic carbocycles. The first-order valence-electron chi connectivity index (χ1n) is 6.41. The number of carbonyl (C=O) groups excluding carboxylic acids is 1. The second kappa shape index (κ2) is 7.09. The standard InChI is InChI=1S/C16H15Br2NO2/c1-10-4-3-5-11(2)16(10)19-15(20)9-21-14-7-6-12(17)8-13(14)18/h3-8H,9H2,1-2H3,(H,19,20). The number of aryl methyl sites for hydroxylation is 2. The SMILES string of the molecule is Cc1cccc(C)c1NC(=O)COc1ccc(Br)cc1Br. The third-order valence-corrected chi connectivity index (χ3v) is 4.11. The highest BCUT2D eigenvalue weighted by Crippen LogP contribution is 2.28. The Hall–Kier alpha value is -1.33. The van der Waals surface area contributed by atoms with E-state index >= 15 is 0 Å². The number of anilines is 1. The third kappa shape index (κ3) is 4.32. The molecule has 0 atom stereocenters. The van der Waals surface area contributed by atoms with Crippen molar-refractivity contribution in [3.8, 4) is 5.75 Å². The Morgan fingerprint density at radius 2 is 1.81 bits per heavy atom. The van der Waals surface area contributed by atoms with E-state index in [1.165, 1.54) is 0 Å². The van der Waals surface area contributed by atoms with E-state index in [0.29, 0.717) is 5.75 Å². The molecule has 0 fully saturated rings. The first-order valence-corrected chi connectivity index (χ1v) is 8.00.